The number of alkyl halides is 3. The van der Waals surface area contributed by atoms with E-state index in [1.165, 1.54) is 31.2 Å². The lowest BCUT2D eigenvalue weighted by molar-refractivity contribution is -0.394. The molecule has 3 rings (SSSR count). The molecule has 0 atom stereocenters. The number of carbonyl (C=O) groups is 2. The lowest BCUT2D eigenvalue weighted by atomic mass is 10.1. The molecule has 3 aromatic carbocycles. The minimum absolute atomic E-state index is 0.0253. The molecule has 3 aromatic rings. The van der Waals surface area contributed by atoms with Crippen LogP contribution in [0.4, 0.5) is 30.2 Å². The molecule has 0 spiro atoms. The maximum absolute atomic E-state index is 12.6. The van der Waals surface area contributed by atoms with Crippen molar-refractivity contribution in [1.29, 1.82) is 0 Å². The van der Waals surface area contributed by atoms with E-state index < -0.39 is 44.8 Å². The largest absolute Gasteiger partial charge is 0.450 e. The van der Waals surface area contributed by atoms with Crippen molar-refractivity contribution in [3.05, 3.63) is 98.1 Å². The fraction of sp³-hybridized carbons (Fsp3) is 0.0870. The highest BCUT2D eigenvalue weighted by atomic mass is 19.4. The molecule has 196 valence electrons. The first kappa shape index (κ1) is 27.3. The highest BCUT2D eigenvalue weighted by Gasteiger charge is 2.30. The predicted octanol–water partition coefficient (Wildman–Crippen LogP) is 4.79. The number of hydrogen-bond donors (Lipinski definition) is 2. The zero-order valence-electron chi connectivity index (χ0n) is 19.2. The molecule has 0 saturated carbocycles. The first-order valence-corrected chi connectivity index (χ1v) is 10.4. The number of nitrogens with zero attached hydrogens (tertiary/aromatic N) is 3. The van der Waals surface area contributed by atoms with E-state index in [9.17, 15) is 43.0 Å². The molecular weight excluding hydrogens is 515 g/mol. The molecule has 0 radical (unpaired) electrons. The van der Waals surface area contributed by atoms with Crippen LogP contribution in [0.25, 0.3) is 0 Å². The molecule has 0 aromatic heterocycles. The molecule has 38 heavy (non-hydrogen) atoms. The second-order valence-electron chi connectivity index (χ2n) is 7.46. The molecule has 0 aliphatic carbocycles. The van der Waals surface area contributed by atoms with Crippen molar-refractivity contribution in [3.63, 3.8) is 0 Å². The fourth-order valence-corrected chi connectivity index (χ4v) is 2.92. The summed E-state index contributed by atoms with van der Waals surface area (Å²) in [5, 5.41) is 28.0. The van der Waals surface area contributed by atoms with Gasteiger partial charge >= 0.3 is 23.7 Å². The topological polar surface area (TPSA) is 166 Å². The van der Waals surface area contributed by atoms with Crippen LogP contribution in [0.3, 0.4) is 0 Å². The smallest absolute Gasteiger partial charge is 0.416 e. The van der Waals surface area contributed by atoms with Gasteiger partial charge in [-0.3, -0.25) is 29.8 Å². The Bertz CT molecular complexity index is 1420. The number of hydrazone groups is 1. The molecule has 0 heterocycles. The Morgan fingerprint density at radius 3 is 2.08 bits per heavy atom. The van der Waals surface area contributed by atoms with Gasteiger partial charge in [0, 0.05) is 11.8 Å². The number of carbonyl (C=O) groups excluding carboxylic acids is 2. The number of ether oxygens (including phenoxy) is 1. The van der Waals surface area contributed by atoms with Crippen LogP contribution in [0.2, 0.25) is 0 Å². The minimum atomic E-state index is -4.54. The Kier molecular flexibility index (Phi) is 8.00. The van der Waals surface area contributed by atoms with Gasteiger partial charge in [-0.25, -0.2) is 5.43 Å². The van der Waals surface area contributed by atoms with Gasteiger partial charge in [0.1, 0.15) is 5.75 Å². The molecule has 0 saturated heterocycles. The van der Waals surface area contributed by atoms with E-state index in [1.807, 2.05) is 5.43 Å². The van der Waals surface area contributed by atoms with Gasteiger partial charge in [-0.15, -0.1) is 0 Å². The van der Waals surface area contributed by atoms with Gasteiger partial charge in [0.2, 0.25) is 5.75 Å². The van der Waals surface area contributed by atoms with Crippen molar-refractivity contribution in [2.24, 2.45) is 5.10 Å². The quantitative estimate of drug-likeness (QED) is 0.191. The van der Waals surface area contributed by atoms with Crippen LogP contribution in [0, 0.1) is 20.2 Å². The van der Waals surface area contributed by atoms with E-state index in [4.69, 9.17) is 4.74 Å². The standard InChI is InChI=1S/C23H16F3N5O7/c1-13(28-29-22(33)21(32)27-16-6-4-15(5-7-16)23(24,25)26)14-2-9-18(10-3-14)38-20-11-8-17(30(34)35)12-19(20)31(36)37/h2-12H,1H3,(H,27,32)(H,29,33). The van der Waals surface area contributed by atoms with Gasteiger partial charge in [0.15, 0.2) is 0 Å². The second kappa shape index (κ2) is 11.2. The third-order valence-corrected chi connectivity index (χ3v) is 4.85. The van der Waals surface area contributed by atoms with Crippen LogP contribution in [-0.2, 0) is 15.8 Å². The van der Waals surface area contributed by atoms with Crippen molar-refractivity contribution >= 4 is 34.6 Å². The molecule has 15 heteroatoms. The highest BCUT2D eigenvalue weighted by molar-refractivity contribution is 6.39. The number of non-ortho nitro benzene ring substituents is 1. The molecule has 0 unspecified atom stereocenters. The zero-order chi connectivity index (χ0) is 28.0. The number of hydrogen-bond acceptors (Lipinski definition) is 8. The summed E-state index contributed by atoms with van der Waals surface area (Å²) in [6.07, 6.45) is -4.54. The maximum Gasteiger partial charge on any atom is 0.416 e. The number of amides is 2. The van der Waals surface area contributed by atoms with Crippen LogP contribution in [0.5, 0.6) is 11.5 Å². The van der Waals surface area contributed by atoms with Gasteiger partial charge in [0.05, 0.1) is 27.2 Å². The van der Waals surface area contributed by atoms with Crippen LogP contribution < -0.4 is 15.5 Å². The molecular formula is C23H16F3N5O7. The van der Waals surface area contributed by atoms with Crippen molar-refractivity contribution in [1.82, 2.24) is 5.43 Å². The molecule has 2 amide bonds. The SMILES string of the molecule is CC(=NNC(=O)C(=O)Nc1ccc(C(F)(F)F)cc1)c1ccc(Oc2ccc([N+](=O)[O-])cc2[N+](=O)[O-])cc1. The molecule has 12 nitrogen and oxygen atoms in total. The third kappa shape index (κ3) is 6.87. The van der Waals surface area contributed by atoms with Crippen LogP contribution in [0.1, 0.15) is 18.1 Å². The number of benzene rings is 3. The van der Waals surface area contributed by atoms with Gasteiger partial charge in [-0.1, -0.05) is 0 Å². The summed E-state index contributed by atoms with van der Waals surface area (Å²) in [7, 11) is 0. The Morgan fingerprint density at radius 2 is 1.53 bits per heavy atom. The van der Waals surface area contributed by atoms with Gasteiger partial charge in [-0.2, -0.15) is 18.3 Å². The Hall–Kier alpha value is -5.34. The van der Waals surface area contributed by atoms with Crippen LogP contribution in [-0.4, -0.2) is 27.4 Å². The molecule has 0 bridgehead atoms. The molecule has 2 N–H and O–H groups in total. The fourth-order valence-electron chi connectivity index (χ4n) is 2.92. The average Bonchev–Trinajstić information content (AvgIpc) is 2.87. The summed E-state index contributed by atoms with van der Waals surface area (Å²) in [4.78, 5) is 44.5. The summed E-state index contributed by atoms with van der Waals surface area (Å²) < 4.78 is 43.3. The first-order valence-electron chi connectivity index (χ1n) is 10.4. The van der Waals surface area contributed by atoms with Crippen LogP contribution in [0.15, 0.2) is 71.8 Å². The number of nitro benzene ring substituents is 2. The molecule has 0 fully saturated rings. The average molecular weight is 531 g/mol. The number of nitrogens with one attached hydrogen (secondary N) is 2. The summed E-state index contributed by atoms with van der Waals surface area (Å²) in [6.45, 7) is 1.51. The summed E-state index contributed by atoms with van der Waals surface area (Å²) in [6, 6.07) is 12.3. The predicted molar refractivity (Wildman–Crippen MR) is 127 cm³/mol. The normalized spacial score (nSPS) is 11.4. The van der Waals surface area contributed by atoms with E-state index in [-0.39, 0.29) is 22.9 Å². The van der Waals surface area contributed by atoms with Crippen molar-refractivity contribution in [2.75, 3.05) is 5.32 Å². The summed E-state index contributed by atoms with van der Waals surface area (Å²) in [5.41, 5.74) is 0.741. The third-order valence-electron chi connectivity index (χ3n) is 4.85. The lowest BCUT2D eigenvalue weighted by Gasteiger charge is -2.09. The van der Waals surface area contributed by atoms with Crippen molar-refractivity contribution < 1.29 is 37.3 Å². The van der Waals surface area contributed by atoms with E-state index >= 15 is 0 Å². The van der Waals surface area contributed by atoms with Gasteiger partial charge < -0.3 is 10.1 Å². The molecule has 0 aliphatic heterocycles. The van der Waals surface area contributed by atoms with E-state index in [0.717, 1.165) is 42.5 Å². The maximum atomic E-state index is 12.6. The first-order chi connectivity index (χ1) is 17.8. The van der Waals surface area contributed by atoms with E-state index in [1.54, 1.807) is 0 Å². The van der Waals surface area contributed by atoms with Gasteiger partial charge in [-0.05, 0) is 67.1 Å². The number of nitro groups is 2. The Labute approximate surface area is 211 Å². The number of halogens is 3. The van der Waals surface area contributed by atoms with Gasteiger partial charge in [0.25, 0.3) is 5.69 Å². The Balaban J connectivity index is 1.62. The highest BCUT2D eigenvalue weighted by Crippen LogP contribution is 2.34. The zero-order valence-corrected chi connectivity index (χ0v) is 19.2. The second-order valence-corrected chi connectivity index (χ2v) is 7.46. The monoisotopic (exact) mass is 531 g/mol. The summed E-state index contributed by atoms with van der Waals surface area (Å²) in [5.74, 6) is -2.38. The number of rotatable bonds is 7. The van der Waals surface area contributed by atoms with Crippen LogP contribution >= 0.6 is 0 Å². The van der Waals surface area contributed by atoms with Crippen molar-refractivity contribution in [3.8, 4) is 11.5 Å². The lowest BCUT2D eigenvalue weighted by Crippen LogP contribution is -2.32. The molecule has 0 aliphatic rings. The van der Waals surface area contributed by atoms with E-state index in [0.29, 0.717) is 5.56 Å². The minimum Gasteiger partial charge on any atom is -0.450 e. The Morgan fingerprint density at radius 1 is 0.895 bits per heavy atom. The number of anilines is 1. The summed E-state index contributed by atoms with van der Waals surface area (Å²) >= 11 is 0. The van der Waals surface area contributed by atoms with E-state index in [2.05, 4.69) is 10.4 Å². The van der Waals surface area contributed by atoms with Crippen molar-refractivity contribution in [2.45, 2.75) is 13.1 Å².